The van der Waals surface area contributed by atoms with E-state index in [1.807, 2.05) is 0 Å². The number of aryl methyl sites for hydroxylation is 1. The van der Waals surface area contributed by atoms with Crippen molar-refractivity contribution in [1.82, 2.24) is 5.32 Å². The van der Waals surface area contributed by atoms with Crippen LogP contribution in [0.4, 0.5) is 0 Å². The molecule has 2 atom stereocenters. The number of hydrogen-bond acceptors (Lipinski definition) is 3. The lowest BCUT2D eigenvalue weighted by Crippen LogP contribution is -2.32. The summed E-state index contributed by atoms with van der Waals surface area (Å²) in [6.07, 6.45) is 5.48. The molecule has 0 saturated heterocycles. The molecule has 2 N–H and O–H groups in total. The van der Waals surface area contributed by atoms with Crippen LogP contribution in [0.3, 0.4) is 0 Å². The fraction of sp³-hybridized carbons (Fsp3) is 0.625. The monoisotopic (exact) mass is 263 g/mol. The third-order valence-electron chi connectivity index (χ3n) is 3.95. The third kappa shape index (κ3) is 3.71. The molecule has 0 amide bonds. The average molecular weight is 263 g/mol. The minimum absolute atomic E-state index is 0.279. The summed E-state index contributed by atoms with van der Waals surface area (Å²) in [5.41, 5.74) is 2.83. The summed E-state index contributed by atoms with van der Waals surface area (Å²) in [7, 11) is 1.72. The van der Waals surface area contributed by atoms with E-state index < -0.39 is 0 Å². The van der Waals surface area contributed by atoms with Crippen LogP contribution in [-0.4, -0.2) is 24.9 Å². The number of aliphatic hydroxyl groups is 1. The van der Waals surface area contributed by atoms with Gasteiger partial charge >= 0.3 is 0 Å². The van der Waals surface area contributed by atoms with Gasteiger partial charge in [-0.05, 0) is 62.3 Å². The van der Waals surface area contributed by atoms with Gasteiger partial charge in [-0.25, -0.2) is 0 Å². The molecule has 1 aromatic rings. The quantitative estimate of drug-likeness (QED) is 0.829. The Bertz CT molecular complexity index is 406. The third-order valence-corrected chi connectivity index (χ3v) is 3.95. The second kappa shape index (κ2) is 6.92. The number of nitrogens with one attached hydrogen (secondary N) is 1. The topological polar surface area (TPSA) is 41.5 Å². The fourth-order valence-corrected chi connectivity index (χ4v) is 2.90. The van der Waals surface area contributed by atoms with Gasteiger partial charge in [0.1, 0.15) is 5.75 Å². The Labute approximate surface area is 116 Å². The lowest BCUT2D eigenvalue weighted by Gasteiger charge is -2.29. The van der Waals surface area contributed by atoms with E-state index in [1.165, 1.54) is 30.4 Å². The highest BCUT2D eigenvalue weighted by Crippen LogP contribution is 2.32. The van der Waals surface area contributed by atoms with Gasteiger partial charge in [-0.15, -0.1) is 0 Å². The van der Waals surface area contributed by atoms with Crippen LogP contribution in [0.25, 0.3) is 0 Å². The Kier molecular flexibility index (Phi) is 5.23. The lowest BCUT2D eigenvalue weighted by molar-refractivity contribution is 0.272. The van der Waals surface area contributed by atoms with Gasteiger partial charge in [-0.1, -0.05) is 6.07 Å². The van der Waals surface area contributed by atoms with Crippen molar-refractivity contribution in [2.24, 2.45) is 0 Å². The van der Waals surface area contributed by atoms with Crippen molar-refractivity contribution in [3.05, 3.63) is 29.3 Å². The van der Waals surface area contributed by atoms with Gasteiger partial charge < -0.3 is 15.2 Å². The first-order valence-electron chi connectivity index (χ1n) is 7.28. The standard InChI is InChI=1S/C16H25NO2/c1-12(5-4-10-18)17-16-7-3-6-13-8-9-14(19-2)11-15(13)16/h8-9,11-12,16-18H,3-7,10H2,1-2H3. The first kappa shape index (κ1) is 14.4. The molecular formula is C16H25NO2. The van der Waals surface area contributed by atoms with E-state index >= 15 is 0 Å². The Morgan fingerprint density at radius 3 is 3.05 bits per heavy atom. The molecule has 2 rings (SSSR count). The van der Waals surface area contributed by atoms with Crippen molar-refractivity contribution in [3.8, 4) is 5.75 Å². The predicted octanol–water partition coefficient (Wildman–Crippen LogP) is 2.82. The molecule has 19 heavy (non-hydrogen) atoms. The zero-order valence-corrected chi connectivity index (χ0v) is 12.0. The van der Waals surface area contributed by atoms with Gasteiger partial charge in [0, 0.05) is 18.7 Å². The normalized spacial score (nSPS) is 19.8. The maximum Gasteiger partial charge on any atom is 0.119 e. The SMILES string of the molecule is COc1ccc2c(c1)C(NC(C)CCCO)CCC2. The number of fused-ring (bicyclic) bond motifs is 1. The zero-order chi connectivity index (χ0) is 13.7. The number of benzene rings is 1. The molecule has 0 fully saturated rings. The van der Waals surface area contributed by atoms with Gasteiger partial charge in [-0.3, -0.25) is 0 Å². The van der Waals surface area contributed by atoms with Crippen molar-refractivity contribution in [2.75, 3.05) is 13.7 Å². The Morgan fingerprint density at radius 2 is 2.32 bits per heavy atom. The molecular weight excluding hydrogens is 238 g/mol. The van der Waals surface area contributed by atoms with E-state index in [4.69, 9.17) is 9.84 Å². The van der Waals surface area contributed by atoms with Crippen molar-refractivity contribution >= 4 is 0 Å². The lowest BCUT2D eigenvalue weighted by atomic mass is 9.87. The van der Waals surface area contributed by atoms with Gasteiger partial charge in [0.2, 0.25) is 0 Å². The predicted molar refractivity (Wildman–Crippen MR) is 77.6 cm³/mol. The van der Waals surface area contributed by atoms with Crippen molar-refractivity contribution in [1.29, 1.82) is 0 Å². The molecule has 3 heteroatoms. The summed E-state index contributed by atoms with van der Waals surface area (Å²) in [6.45, 7) is 2.48. The molecule has 1 aliphatic carbocycles. The summed E-state index contributed by atoms with van der Waals surface area (Å²) >= 11 is 0. The van der Waals surface area contributed by atoms with Crippen molar-refractivity contribution in [3.63, 3.8) is 0 Å². The molecule has 2 unspecified atom stereocenters. The van der Waals surface area contributed by atoms with Crippen molar-refractivity contribution < 1.29 is 9.84 Å². The van der Waals surface area contributed by atoms with Gasteiger partial charge in [0.15, 0.2) is 0 Å². The molecule has 0 spiro atoms. The van der Waals surface area contributed by atoms with Gasteiger partial charge in [0.25, 0.3) is 0 Å². The van der Waals surface area contributed by atoms with E-state index in [9.17, 15) is 0 Å². The molecule has 0 aromatic heterocycles. The molecule has 0 radical (unpaired) electrons. The number of ether oxygens (including phenoxy) is 1. The summed E-state index contributed by atoms with van der Waals surface area (Å²) in [5.74, 6) is 0.940. The molecule has 0 bridgehead atoms. The summed E-state index contributed by atoms with van der Waals surface area (Å²) in [5, 5.41) is 12.6. The van der Waals surface area contributed by atoms with Crippen LogP contribution >= 0.6 is 0 Å². The summed E-state index contributed by atoms with van der Waals surface area (Å²) in [4.78, 5) is 0. The Morgan fingerprint density at radius 1 is 1.47 bits per heavy atom. The first-order valence-corrected chi connectivity index (χ1v) is 7.28. The van der Waals surface area contributed by atoms with Crippen LogP contribution in [0.15, 0.2) is 18.2 Å². The summed E-state index contributed by atoms with van der Waals surface area (Å²) in [6, 6.07) is 7.28. The molecule has 0 aliphatic heterocycles. The Balaban J connectivity index is 2.07. The number of methoxy groups -OCH3 is 1. The van der Waals surface area contributed by atoms with Crippen LogP contribution in [0.1, 0.15) is 49.8 Å². The zero-order valence-electron chi connectivity index (χ0n) is 12.0. The first-order chi connectivity index (χ1) is 9.24. The highest BCUT2D eigenvalue weighted by Gasteiger charge is 2.21. The molecule has 3 nitrogen and oxygen atoms in total. The molecule has 0 heterocycles. The highest BCUT2D eigenvalue weighted by molar-refractivity contribution is 5.39. The number of aliphatic hydroxyl groups excluding tert-OH is 1. The smallest absolute Gasteiger partial charge is 0.119 e. The van der Waals surface area contributed by atoms with Gasteiger partial charge in [-0.2, -0.15) is 0 Å². The van der Waals surface area contributed by atoms with E-state index in [1.54, 1.807) is 7.11 Å². The van der Waals surface area contributed by atoms with E-state index in [2.05, 4.69) is 30.4 Å². The molecule has 0 saturated carbocycles. The van der Waals surface area contributed by atoms with Crippen LogP contribution in [0.5, 0.6) is 5.75 Å². The molecule has 1 aromatic carbocycles. The van der Waals surface area contributed by atoms with E-state index in [-0.39, 0.29) is 6.61 Å². The molecule has 1 aliphatic rings. The minimum Gasteiger partial charge on any atom is -0.497 e. The van der Waals surface area contributed by atoms with Crippen LogP contribution in [0, 0.1) is 0 Å². The number of rotatable bonds is 6. The maximum absolute atomic E-state index is 8.90. The molecule has 106 valence electrons. The van der Waals surface area contributed by atoms with Gasteiger partial charge in [0.05, 0.1) is 7.11 Å². The van der Waals surface area contributed by atoms with Crippen molar-refractivity contribution in [2.45, 2.75) is 51.1 Å². The highest BCUT2D eigenvalue weighted by atomic mass is 16.5. The summed E-state index contributed by atoms with van der Waals surface area (Å²) < 4.78 is 5.34. The van der Waals surface area contributed by atoms with E-state index in [0.717, 1.165) is 18.6 Å². The maximum atomic E-state index is 8.90. The van der Waals surface area contributed by atoms with Crippen LogP contribution < -0.4 is 10.1 Å². The average Bonchev–Trinajstić information content (AvgIpc) is 2.45. The second-order valence-corrected chi connectivity index (χ2v) is 5.44. The van der Waals surface area contributed by atoms with Crippen LogP contribution in [-0.2, 0) is 6.42 Å². The largest absolute Gasteiger partial charge is 0.497 e. The fourth-order valence-electron chi connectivity index (χ4n) is 2.90. The number of hydrogen-bond donors (Lipinski definition) is 2. The van der Waals surface area contributed by atoms with E-state index in [0.29, 0.717) is 12.1 Å². The Hall–Kier alpha value is -1.06. The van der Waals surface area contributed by atoms with Crippen LogP contribution in [0.2, 0.25) is 0 Å². The minimum atomic E-state index is 0.279. The second-order valence-electron chi connectivity index (χ2n) is 5.44.